The van der Waals surface area contributed by atoms with E-state index in [0.717, 1.165) is 0 Å². The second kappa shape index (κ2) is 3.95. The average molecular weight is 289 g/mol. The van der Waals surface area contributed by atoms with Crippen LogP contribution >= 0.6 is 15.9 Å². The Kier molecular flexibility index (Phi) is 2.77. The number of carboxylic acids is 1. The molecule has 0 aromatic heterocycles. The van der Waals surface area contributed by atoms with E-state index < -0.39 is 16.6 Å². The summed E-state index contributed by atoms with van der Waals surface area (Å²) in [6.45, 7) is -0.244. The quantitative estimate of drug-likeness (QED) is 0.794. The molecular weight excluding hydrogens is 280 g/mol. The third-order valence-corrected chi connectivity index (χ3v) is 3.29. The minimum atomic E-state index is -1.90. The maximum atomic E-state index is 10.8. The molecule has 2 rings (SSSR count). The lowest BCUT2D eigenvalue weighted by Gasteiger charge is -2.35. The van der Waals surface area contributed by atoms with Crippen LogP contribution in [0.2, 0.25) is 0 Å². The van der Waals surface area contributed by atoms with Crippen molar-refractivity contribution in [1.29, 1.82) is 0 Å². The van der Waals surface area contributed by atoms with E-state index in [-0.39, 0.29) is 6.61 Å². The van der Waals surface area contributed by atoms with Gasteiger partial charge in [0.2, 0.25) is 0 Å². The zero-order chi connectivity index (χ0) is 11.8. The van der Waals surface area contributed by atoms with Gasteiger partial charge in [-0.3, -0.25) is 4.79 Å². The van der Waals surface area contributed by atoms with Gasteiger partial charge in [0, 0.05) is 0 Å². The van der Waals surface area contributed by atoms with E-state index in [1.165, 1.54) is 0 Å². The SMILES string of the molecule is O=C(O)C(Br)C1(O)COc2ccccc2O1. The van der Waals surface area contributed by atoms with Gasteiger partial charge < -0.3 is 19.7 Å². The molecule has 86 valence electrons. The lowest BCUT2D eigenvalue weighted by molar-refractivity contribution is -0.184. The molecule has 0 radical (unpaired) electrons. The van der Waals surface area contributed by atoms with Crippen molar-refractivity contribution in [3.05, 3.63) is 24.3 Å². The Morgan fingerprint density at radius 2 is 2.06 bits per heavy atom. The van der Waals surface area contributed by atoms with Gasteiger partial charge in [-0.15, -0.1) is 0 Å². The molecule has 0 saturated carbocycles. The van der Waals surface area contributed by atoms with Crippen molar-refractivity contribution in [3.63, 3.8) is 0 Å². The predicted octanol–water partition coefficient (Wildman–Crippen LogP) is 0.994. The third-order valence-electron chi connectivity index (χ3n) is 2.18. The molecule has 1 aliphatic heterocycles. The van der Waals surface area contributed by atoms with E-state index in [4.69, 9.17) is 14.6 Å². The van der Waals surface area contributed by atoms with Gasteiger partial charge in [0.1, 0.15) is 0 Å². The molecule has 0 saturated heterocycles. The topological polar surface area (TPSA) is 76.0 Å². The van der Waals surface area contributed by atoms with Gasteiger partial charge in [0.25, 0.3) is 5.79 Å². The maximum Gasteiger partial charge on any atom is 0.324 e. The van der Waals surface area contributed by atoms with Crippen molar-refractivity contribution in [2.24, 2.45) is 0 Å². The van der Waals surface area contributed by atoms with Crippen molar-refractivity contribution in [1.82, 2.24) is 0 Å². The highest BCUT2D eigenvalue weighted by Crippen LogP contribution is 2.36. The average Bonchev–Trinajstić information content (AvgIpc) is 2.27. The fourth-order valence-electron chi connectivity index (χ4n) is 1.37. The van der Waals surface area contributed by atoms with E-state index in [1.54, 1.807) is 24.3 Å². The molecule has 5 nitrogen and oxygen atoms in total. The summed E-state index contributed by atoms with van der Waals surface area (Å²) in [6.07, 6.45) is 0. The van der Waals surface area contributed by atoms with Crippen LogP contribution in [0, 0.1) is 0 Å². The van der Waals surface area contributed by atoms with Crippen LogP contribution in [0.4, 0.5) is 0 Å². The van der Waals surface area contributed by atoms with Crippen LogP contribution in [0.5, 0.6) is 11.5 Å². The molecule has 1 aliphatic rings. The molecule has 0 fully saturated rings. The van der Waals surface area contributed by atoms with E-state index in [0.29, 0.717) is 11.5 Å². The van der Waals surface area contributed by atoms with Crippen LogP contribution in [0.1, 0.15) is 0 Å². The monoisotopic (exact) mass is 288 g/mol. The highest BCUT2D eigenvalue weighted by atomic mass is 79.9. The summed E-state index contributed by atoms with van der Waals surface area (Å²) in [4.78, 5) is 9.52. The van der Waals surface area contributed by atoms with E-state index in [1.807, 2.05) is 0 Å². The molecule has 0 amide bonds. The second-order valence-electron chi connectivity index (χ2n) is 3.38. The van der Waals surface area contributed by atoms with Crippen LogP contribution in [0.25, 0.3) is 0 Å². The molecule has 1 aromatic carbocycles. The smallest absolute Gasteiger partial charge is 0.324 e. The third kappa shape index (κ3) is 1.85. The van der Waals surface area contributed by atoms with Crippen LogP contribution in [0.15, 0.2) is 24.3 Å². The Bertz CT molecular complexity index is 421. The summed E-state index contributed by atoms with van der Waals surface area (Å²) in [5, 5.41) is 18.8. The molecule has 2 unspecified atom stereocenters. The number of halogens is 1. The molecule has 1 heterocycles. The molecule has 0 spiro atoms. The number of hydrogen-bond acceptors (Lipinski definition) is 4. The first kappa shape index (κ1) is 11.2. The Morgan fingerprint density at radius 1 is 1.44 bits per heavy atom. The Labute approximate surface area is 99.7 Å². The molecule has 2 N–H and O–H groups in total. The van der Waals surface area contributed by atoms with Gasteiger partial charge in [-0.05, 0) is 12.1 Å². The second-order valence-corrected chi connectivity index (χ2v) is 4.30. The van der Waals surface area contributed by atoms with E-state index in [9.17, 15) is 9.90 Å². The van der Waals surface area contributed by atoms with Gasteiger partial charge in [0.05, 0.1) is 0 Å². The first-order valence-electron chi connectivity index (χ1n) is 4.53. The minimum Gasteiger partial charge on any atom is -0.483 e. The first-order valence-corrected chi connectivity index (χ1v) is 5.44. The number of carboxylic acid groups (broad SMARTS) is 1. The first-order chi connectivity index (χ1) is 7.53. The normalized spacial score (nSPS) is 24.9. The van der Waals surface area contributed by atoms with Crippen LogP contribution in [-0.4, -0.2) is 33.4 Å². The fourth-order valence-corrected chi connectivity index (χ4v) is 1.60. The molecule has 16 heavy (non-hydrogen) atoms. The highest BCUT2D eigenvalue weighted by Gasteiger charge is 2.46. The molecule has 0 bridgehead atoms. The highest BCUT2D eigenvalue weighted by molar-refractivity contribution is 9.10. The summed E-state index contributed by atoms with van der Waals surface area (Å²) < 4.78 is 10.5. The number of carbonyl (C=O) groups is 1. The van der Waals surface area contributed by atoms with Gasteiger partial charge >= 0.3 is 5.97 Å². The zero-order valence-corrected chi connectivity index (χ0v) is 9.68. The van der Waals surface area contributed by atoms with Gasteiger partial charge in [-0.2, -0.15) is 0 Å². The van der Waals surface area contributed by atoms with Crippen molar-refractivity contribution in [2.75, 3.05) is 6.61 Å². The fraction of sp³-hybridized carbons (Fsp3) is 0.300. The van der Waals surface area contributed by atoms with Gasteiger partial charge in [-0.1, -0.05) is 28.1 Å². The predicted molar refractivity (Wildman–Crippen MR) is 57.9 cm³/mol. The maximum absolute atomic E-state index is 10.8. The van der Waals surface area contributed by atoms with Crippen molar-refractivity contribution >= 4 is 21.9 Å². The number of rotatable bonds is 2. The molecular formula is C10H9BrO5. The van der Waals surface area contributed by atoms with Crippen molar-refractivity contribution in [2.45, 2.75) is 10.6 Å². The number of hydrogen-bond donors (Lipinski definition) is 2. The Morgan fingerprint density at radius 3 is 2.69 bits per heavy atom. The molecule has 6 heteroatoms. The van der Waals surface area contributed by atoms with Crippen molar-refractivity contribution < 1.29 is 24.5 Å². The lowest BCUT2D eigenvalue weighted by Crippen LogP contribution is -2.54. The number of alkyl halides is 1. The summed E-state index contributed by atoms with van der Waals surface area (Å²) in [5.74, 6) is -2.31. The molecule has 2 atom stereocenters. The largest absolute Gasteiger partial charge is 0.483 e. The number of para-hydroxylation sites is 2. The number of ether oxygens (including phenoxy) is 2. The standard InChI is InChI=1S/C10H9BrO5/c11-8(9(12)13)10(14)5-15-6-3-1-2-4-7(6)16-10/h1-4,8,14H,5H2,(H,12,13). The van der Waals surface area contributed by atoms with Crippen LogP contribution in [0.3, 0.4) is 0 Å². The Hall–Kier alpha value is -1.27. The lowest BCUT2D eigenvalue weighted by atomic mass is 10.1. The summed E-state index contributed by atoms with van der Waals surface area (Å²) in [5.41, 5.74) is 0. The number of benzene rings is 1. The van der Waals surface area contributed by atoms with Crippen molar-refractivity contribution in [3.8, 4) is 11.5 Å². The number of aliphatic carboxylic acids is 1. The van der Waals surface area contributed by atoms with Gasteiger partial charge in [0.15, 0.2) is 22.9 Å². The Balaban J connectivity index is 2.27. The van der Waals surface area contributed by atoms with Crippen LogP contribution in [-0.2, 0) is 4.79 Å². The molecule has 1 aromatic rings. The summed E-state index contributed by atoms with van der Waals surface area (Å²) >= 11 is 2.86. The number of aliphatic hydroxyl groups is 1. The summed E-state index contributed by atoms with van der Waals surface area (Å²) in [7, 11) is 0. The van der Waals surface area contributed by atoms with Crippen LogP contribution < -0.4 is 9.47 Å². The summed E-state index contributed by atoms with van der Waals surface area (Å²) in [6, 6.07) is 6.74. The van der Waals surface area contributed by atoms with E-state index in [2.05, 4.69) is 15.9 Å². The number of fused-ring (bicyclic) bond motifs is 1. The van der Waals surface area contributed by atoms with E-state index >= 15 is 0 Å². The zero-order valence-electron chi connectivity index (χ0n) is 8.09. The minimum absolute atomic E-state index is 0.244. The molecule has 0 aliphatic carbocycles. The van der Waals surface area contributed by atoms with Gasteiger partial charge in [-0.25, -0.2) is 0 Å².